The molecule has 0 aromatic heterocycles. The van der Waals surface area contributed by atoms with Gasteiger partial charge in [0.15, 0.2) is 9.84 Å². The molecule has 106 valence electrons. The zero-order valence-electron chi connectivity index (χ0n) is 10.4. The zero-order chi connectivity index (χ0) is 14.5. The van der Waals surface area contributed by atoms with Gasteiger partial charge in [-0.05, 0) is 11.6 Å². The minimum absolute atomic E-state index is 0.00681. The van der Waals surface area contributed by atoms with E-state index in [1.807, 2.05) is 0 Å². The van der Waals surface area contributed by atoms with Gasteiger partial charge in [-0.1, -0.05) is 22.9 Å². The van der Waals surface area contributed by atoms with Gasteiger partial charge in [0.1, 0.15) is 0 Å². The highest BCUT2D eigenvalue weighted by atomic mass is 79.9. The molecule has 8 heteroatoms. The molecule has 0 radical (unpaired) electrons. The van der Waals surface area contributed by atoms with Crippen LogP contribution in [0, 0.1) is 10.1 Å². The van der Waals surface area contributed by atoms with E-state index in [4.69, 9.17) is 0 Å². The van der Waals surface area contributed by atoms with Crippen LogP contribution >= 0.6 is 15.9 Å². The Kier molecular flexibility index (Phi) is 5.89. The van der Waals surface area contributed by atoms with E-state index in [2.05, 4.69) is 21.2 Å². The molecule has 6 nitrogen and oxygen atoms in total. The van der Waals surface area contributed by atoms with Crippen molar-refractivity contribution in [1.82, 2.24) is 5.32 Å². The van der Waals surface area contributed by atoms with Crippen molar-refractivity contribution in [3.63, 3.8) is 0 Å². The first kappa shape index (κ1) is 16.1. The number of nitro groups is 1. The van der Waals surface area contributed by atoms with Gasteiger partial charge < -0.3 is 5.32 Å². The second kappa shape index (κ2) is 6.97. The van der Waals surface area contributed by atoms with Crippen LogP contribution in [0.3, 0.4) is 0 Å². The van der Waals surface area contributed by atoms with Gasteiger partial charge in [0.2, 0.25) is 0 Å². The number of rotatable bonds is 7. The Morgan fingerprint density at radius 1 is 1.37 bits per heavy atom. The molecule has 0 bridgehead atoms. The summed E-state index contributed by atoms with van der Waals surface area (Å²) in [6.45, 7) is 2.32. The molecule has 0 aliphatic heterocycles. The number of hydrogen-bond donors (Lipinski definition) is 1. The van der Waals surface area contributed by atoms with Crippen LogP contribution in [0.4, 0.5) is 5.69 Å². The Balaban J connectivity index is 2.57. The van der Waals surface area contributed by atoms with Crippen LogP contribution in [-0.4, -0.2) is 31.4 Å². The first-order valence-corrected chi connectivity index (χ1v) is 8.30. The number of nitrogens with zero attached hydrogens (tertiary/aromatic N) is 1. The van der Waals surface area contributed by atoms with Gasteiger partial charge in [-0.15, -0.1) is 0 Å². The van der Waals surface area contributed by atoms with E-state index in [1.54, 1.807) is 13.0 Å². The Morgan fingerprint density at radius 2 is 2.05 bits per heavy atom. The standard InChI is InChI=1S/C11H15BrN2O4S/c1-2-19(17,18)4-3-13-8-9-5-10(12)7-11(6-9)14(15)16/h5-7,13H,2-4,8H2,1H3. The molecule has 19 heavy (non-hydrogen) atoms. The Hall–Kier alpha value is -0.990. The van der Waals surface area contributed by atoms with Gasteiger partial charge >= 0.3 is 0 Å². The van der Waals surface area contributed by atoms with Crippen LogP contribution in [0.1, 0.15) is 12.5 Å². The average Bonchev–Trinajstić information content (AvgIpc) is 2.34. The molecule has 1 N–H and O–H groups in total. The fraction of sp³-hybridized carbons (Fsp3) is 0.455. The van der Waals surface area contributed by atoms with Gasteiger partial charge in [-0.3, -0.25) is 10.1 Å². The van der Waals surface area contributed by atoms with E-state index in [9.17, 15) is 18.5 Å². The molecule has 1 aromatic carbocycles. The van der Waals surface area contributed by atoms with Crippen LogP contribution < -0.4 is 5.32 Å². The lowest BCUT2D eigenvalue weighted by Gasteiger charge is -2.05. The number of sulfone groups is 1. The van der Waals surface area contributed by atoms with Gasteiger partial charge in [0.05, 0.1) is 10.7 Å². The minimum atomic E-state index is -2.98. The van der Waals surface area contributed by atoms with Crippen LogP contribution in [0.25, 0.3) is 0 Å². The first-order chi connectivity index (χ1) is 8.84. The summed E-state index contributed by atoms with van der Waals surface area (Å²) in [6, 6.07) is 4.64. The van der Waals surface area contributed by atoms with Crippen molar-refractivity contribution in [2.24, 2.45) is 0 Å². The third-order valence-electron chi connectivity index (χ3n) is 2.51. The normalized spacial score (nSPS) is 11.5. The van der Waals surface area contributed by atoms with E-state index in [0.717, 1.165) is 5.56 Å². The summed E-state index contributed by atoms with van der Waals surface area (Å²) in [5.74, 6) is 0.191. The second-order valence-electron chi connectivity index (χ2n) is 3.99. The Labute approximate surface area is 120 Å². The van der Waals surface area contributed by atoms with Crippen LogP contribution in [0.2, 0.25) is 0 Å². The molecular weight excluding hydrogens is 336 g/mol. The summed E-state index contributed by atoms with van der Waals surface area (Å²) >= 11 is 3.21. The van der Waals surface area contributed by atoms with Gasteiger partial charge in [-0.2, -0.15) is 0 Å². The Morgan fingerprint density at radius 3 is 2.63 bits per heavy atom. The van der Waals surface area contributed by atoms with E-state index < -0.39 is 14.8 Å². The monoisotopic (exact) mass is 350 g/mol. The van der Waals surface area contributed by atoms with Crippen molar-refractivity contribution in [2.45, 2.75) is 13.5 Å². The largest absolute Gasteiger partial charge is 0.312 e. The summed E-state index contributed by atoms with van der Waals surface area (Å²) in [7, 11) is -2.98. The van der Waals surface area contributed by atoms with Crippen molar-refractivity contribution in [3.8, 4) is 0 Å². The van der Waals surface area contributed by atoms with E-state index >= 15 is 0 Å². The molecule has 0 unspecified atom stereocenters. The average molecular weight is 351 g/mol. The maximum atomic E-state index is 11.3. The molecule has 0 heterocycles. The number of nitro benzene ring substituents is 1. The third kappa shape index (κ3) is 5.66. The van der Waals surface area contributed by atoms with Crippen LogP contribution in [0.5, 0.6) is 0 Å². The number of nitrogens with one attached hydrogen (secondary N) is 1. The number of benzene rings is 1. The van der Waals surface area contributed by atoms with Crippen molar-refractivity contribution in [3.05, 3.63) is 38.3 Å². The second-order valence-corrected chi connectivity index (χ2v) is 7.38. The minimum Gasteiger partial charge on any atom is -0.312 e. The summed E-state index contributed by atoms with van der Waals surface area (Å²) in [6.07, 6.45) is 0. The molecule has 0 spiro atoms. The fourth-order valence-electron chi connectivity index (χ4n) is 1.45. The lowest BCUT2D eigenvalue weighted by molar-refractivity contribution is -0.385. The topological polar surface area (TPSA) is 89.3 Å². The van der Waals surface area contributed by atoms with E-state index in [1.165, 1.54) is 12.1 Å². The molecule has 0 aliphatic rings. The summed E-state index contributed by atoms with van der Waals surface area (Å²) < 4.78 is 23.2. The van der Waals surface area contributed by atoms with Crippen molar-refractivity contribution >= 4 is 31.5 Å². The van der Waals surface area contributed by atoms with Crippen LogP contribution in [-0.2, 0) is 16.4 Å². The molecule has 0 saturated carbocycles. The highest BCUT2D eigenvalue weighted by Gasteiger charge is 2.09. The molecule has 1 aromatic rings. The lowest BCUT2D eigenvalue weighted by atomic mass is 10.2. The van der Waals surface area contributed by atoms with Gasteiger partial charge in [-0.25, -0.2) is 8.42 Å². The zero-order valence-corrected chi connectivity index (χ0v) is 12.8. The predicted molar refractivity (Wildman–Crippen MR) is 76.8 cm³/mol. The number of non-ortho nitro benzene ring substituents is 1. The predicted octanol–water partition coefficient (Wildman–Crippen LogP) is 1.88. The maximum absolute atomic E-state index is 11.3. The molecule has 0 atom stereocenters. The Bertz CT molecular complexity index is 560. The molecule has 0 saturated heterocycles. The summed E-state index contributed by atoms with van der Waals surface area (Å²) in [5.41, 5.74) is 0.738. The summed E-state index contributed by atoms with van der Waals surface area (Å²) in [5, 5.41) is 13.7. The highest BCUT2D eigenvalue weighted by Crippen LogP contribution is 2.21. The van der Waals surface area contributed by atoms with Crippen LogP contribution in [0.15, 0.2) is 22.7 Å². The number of hydrogen-bond acceptors (Lipinski definition) is 5. The lowest BCUT2D eigenvalue weighted by Crippen LogP contribution is -2.23. The van der Waals surface area contributed by atoms with E-state index in [-0.39, 0.29) is 17.2 Å². The van der Waals surface area contributed by atoms with Gasteiger partial charge in [0, 0.05) is 35.4 Å². The SMILES string of the molecule is CCS(=O)(=O)CCNCc1cc(Br)cc([N+](=O)[O-])c1. The van der Waals surface area contributed by atoms with Crippen molar-refractivity contribution < 1.29 is 13.3 Å². The quantitative estimate of drug-likeness (QED) is 0.460. The molecule has 1 rings (SSSR count). The van der Waals surface area contributed by atoms with Crippen molar-refractivity contribution in [2.75, 3.05) is 18.1 Å². The molecule has 0 aliphatic carbocycles. The molecule has 0 amide bonds. The van der Waals surface area contributed by atoms with Gasteiger partial charge in [0.25, 0.3) is 5.69 Å². The smallest absolute Gasteiger partial charge is 0.270 e. The van der Waals surface area contributed by atoms with Crippen molar-refractivity contribution in [1.29, 1.82) is 0 Å². The summed E-state index contributed by atoms with van der Waals surface area (Å²) in [4.78, 5) is 10.2. The maximum Gasteiger partial charge on any atom is 0.270 e. The number of halogens is 1. The highest BCUT2D eigenvalue weighted by molar-refractivity contribution is 9.10. The first-order valence-electron chi connectivity index (χ1n) is 5.69. The molecule has 0 fully saturated rings. The third-order valence-corrected chi connectivity index (χ3v) is 4.68. The fourth-order valence-corrected chi connectivity index (χ4v) is 2.72. The van der Waals surface area contributed by atoms with E-state index in [0.29, 0.717) is 17.6 Å². The molecular formula is C11H15BrN2O4S.